The highest BCUT2D eigenvalue weighted by molar-refractivity contribution is 5.97. The van der Waals surface area contributed by atoms with E-state index in [-0.39, 0.29) is 0 Å². The molecule has 2 aromatic rings. The van der Waals surface area contributed by atoms with Crippen LogP contribution in [0.4, 0.5) is 18.9 Å². The molecule has 28 heavy (non-hydrogen) atoms. The topological polar surface area (TPSA) is 84.5 Å². The number of halogens is 3. The van der Waals surface area contributed by atoms with E-state index in [1.165, 1.54) is 19.1 Å². The van der Waals surface area contributed by atoms with Crippen LogP contribution in [0.5, 0.6) is 0 Å². The molecule has 2 rings (SSSR count). The Bertz CT molecular complexity index is 854. The van der Waals surface area contributed by atoms with Gasteiger partial charge in [0.25, 0.3) is 11.8 Å². The summed E-state index contributed by atoms with van der Waals surface area (Å²) in [6.07, 6.45) is -6.01. The second kappa shape index (κ2) is 9.03. The van der Waals surface area contributed by atoms with Crippen molar-refractivity contribution < 1.29 is 32.3 Å². The third-order valence-corrected chi connectivity index (χ3v) is 3.60. The third kappa shape index (κ3) is 5.83. The van der Waals surface area contributed by atoms with E-state index in [2.05, 4.69) is 10.6 Å². The van der Waals surface area contributed by atoms with Crippen molar-refractivity contribution in [1.29, 1.82) is 0 Å². The van der Waals surface area contributed by atoms with Crippen LogP contribution in [-0.4, -0.2) is 30.4 Å². The van der Waals surface area contributed by atoms with Gasteiger partial charge in [-0.15, -0.1) is 0 Å². The number of anilines is 1. The normalized spacial score (nSPS) is 12.0. The van der Waals surface area contributed by atoms with Gasteiger partial charge in [0, 0.05) is 5.56 Å². The van der Waals surface area contributed by atoms with Crippen LogP contribution in [0.25, 0.3) is 0 Å². The van der Waals surface area contributed by atoms with Crippen LogP contribution in [-0.2, 0) is 20.5 Å². The van der Waals surface area contributed by atoms with Crippen molar-refractivity contribution >= 4 is 23.5 Å². The maximum absolute atomic E-state index is 12.9. The van der Waals surface area contributed by atoms with Crippen LogP contribution in [0.3, 0.4) is 0 Å². The summed E-state index contributed by atoms with van der Waals surface area (Å²) >= 11 is 0. The molecule has 0 radical (unpaired) electrons. The number of ether oxygens (including phenoxy) is 1. The zero-order chi connectivity index (χ0) is 20.7. The molecule has 0 aliphatic carbocycles. The number of carbonyl (C=O) groups excluding carboxylic acids is 3. The van der Waals surface area contributed by atoms with Crippen molar-refractivity contribution in [3.05, 3.63) is 65.7 Å². The molecule has 2 aromatic carbocycles. The molecule has 148 valence electrons. The molecule has 0 fully saturated rings. The van der Waals surface area contributed by atoms with Crippen LogP contribution in [0, 0.1) is 0 Å². The van der Waals surface area contributed by atoms with Crippen LogP contribution in [0.1, 0.15) is 22.8 Å². The van der Waals surface area contributed by atoms with E-state index in [0.29, 0.717) is 5.56 Å². The van der Waals surface area contributed by atoms with Gasteiger partial charge in [0.05, 0.1) is 11.3 Å². The van der Waals surface area contributed by atoms with E-state index in [4.69, 9.17) is 4.74 Å². The summed E-state index contributed by atoms with van der Waals surface area (Å²) in [5.41, 5.74) is -1.12. The van der Waals surface area contributed by atoms with Gasteiger partial charge in [-0.25, -0.2) is 0 Å². The highest BCUT2D eigenvalue weighted by Gasteiger charge is 2.34. The zero-order valence-corrected chi connectivity index (χ0v) is 14.7. The number of hydrogen-bond acceptors (Lipinski definition) is 4. The standard InChI is InChI=1S/C19H17F3N2O4/c1-12(17(26)24-15-10-6-5-9-14(15)19(20,21)22)28-16(25)11-23-18(27)13-7-3-2-4-8-13/h2-10,12H,11H2,1H3,(H,23,27)(H,24,26)/t12-/m0/s1. The highest BCUT2D eigenvalue weighted by Crippen LogP contribution is 2.34. The fourth-order valence-corrected chi connectivity index (χ4v) is 2.21. The molecule has 9 heteroatoms. The van der Waals surface area contributed by atoms with Crippen molar-refractivity contribution in [3.63, 3.8) is 0 Å². The fraction of sp³-hybridized carbons (Fsp3) is 0.211. The molecule has 0 saturated carbocycles. The average molecular weight is 394 g/mol. The van der Waals surface area contributed by atoms with Crippen LogP contribution < -0.4 is 10.6 Å². The third-order valence-electron chi connectivity index (χ3n) is 3.60. The maximum atomic E-state index is 12.9. The number of rotatable bonds is 6. The van der Waals surface area contributed by atoms with Gasteiger partial charge in [0.1, 0.15) is 6.54 Å². The molecule has 0 unspecified atom stereocenters. The predicted molar refractivity (Wildman–Crippen MR) is 94.4 cm³/mol. The number of amides is 2. The van der Waals surface area contributed by atoms with Crippen molar-refractivity contribution in [3.8, 4) is 0 Å². The van der Waals surface area contributed by atoms with Crippen molar-refractivity contribution in [2.75, 3.05) is 11.9 Å². The minimum Gasteiger partial charge on any atom is -0.451 e. The van der Waals surface area contributed by atoms with Gasteiger partial charge in [-0.2, -0.15) is 13.2 Å². The largest absolute Gasteiger partial charge is 0.451 e. The average Bonchev–Trinajstić information content (AvgIpc) is 2.66. The second-order valence-corrected chi connectivity index (χ2v) is 5.71. The van der Waals surface area contributed by atoms with E-state index < -0.39 is 47.9 Å². The Kier molecular flexibility index (Phi) is 6.75. The fourth-order valence-electron chi connectivity index (χ4n) is 2.21. The molecule has 0 heterocycles. The van der Waals surface area contributed by atoms with Gasteiger partial charge in [0.2, 0.25) is 0 Å². The summed E-state index contributed by atoms with van der Waals surface area (Å²) in [6, 6.07) is 12.6. The summed E-state index contributed by atoms with van der Waals surface area (Å²) in [5, 5.41) is 4.42. The van der Waals surface area contributed by atoms with Gasteiger partial charge in [-0.3, -0.25) is 14.4 Å². The van der Waals surface area contributed by atoms with Crippen molar-refractivity contribution in [2.24, 2.45) is 0 Å². The summed E-state index contributed by atoms with van der Waals surface area (Å²) in [5.74, 6) is -2.34. The summed E-state index contributed by atoms with van der Waals surface area (Å²) in [4.78, 5) is 35.7. The zero-order valence-electron chi connectivity index (χ0n) is 14.7. The Morgan fingerprint density at radius 2 is 1.61 bits per heavy atom. The van der Waals surface area contributed by atoms with Crippen molar-refractivity contribution in [2.45, 2.75) is 19.2 Å². The van der Waals surface area contributed by atoms with Gasteiger partial charge >= 0.3 is 12.1 Å². The SMILES string of the molecule is C[C@H](OC(=O)CNC(=O)c1ccccc1)C(=O)Nc1ccccc1C(F)(F)F. The van der Waals surface area contributed by atoms with E-state index in [1.807, 2.05) is 0 Å². The summed E-state index contributed by atoms with van der Waals surface area (Å²) in [6.45, 7) is 0.715. The Morgan fingerprint density at radius 3 is 2.25 bits per heavy atom. The molecule has 2 N–H and O–H groups in total. The lowest BCUT2D eigenvalue weighted by atomic mass is 10.1. The Hall–Kier alpha value is -3.36. The smallest absolute Gasteiger partial charge is 0.418 e. The lowest BCUT2D eigenvalue weighted by Gasteiger charge is -2.17. The molecular formula is C19H17F3N2O4. The minimum absolute atomic E-state index is 0.338. The number of esters is 1. The van der Waals surface area contributed by atoms with Gasteiger partial charge < -0.3 is 15.4 Å². The molecular weight excluding hydrogens is 377 g/mol. The summed E-state index contributed by atoms with van der Waals surface area (Å²) < 4.78 is 43.7. The lowest BCUT2D eigenvalue weighted by Crippen LogP contribution is -2.36. The molecule has 0 saturated heterocycles. The Balaban J connectivity index is 1.89. The van der Waals surface area contributed by atoms with Crippen LogP contribution in [0.15, 0.2) is 54.6 Å². The number of para-hydroxylation sites is 1. The molecule has 0 aliphatic rings. The number of carbonyl (C=O) groups is 3. The molecule has 0 aromatic heterocycles. The van der Waals surface area contributed by atoms with Gasteiger partial charge in [0.15, 0.2) is 6.10 Å². The monoisotopic (exact) mass is 394 g/mol. The van der Waals surface area contributed by atoms with E-state index in [0.717, 1.165) is 12.1 Å². The van der Waals surface area contributed by atoms with Crippen LogP contribution >= 0.6 is 0 Å². The van der Waals surface area contributed by atoms with E-state index in [1.54, 1.807) is 30.3 Å². The van der Waals surface area contributed by atoms with Gasteiger partial charge in [-0.1, -0.05) is 30.3 Å². The number of hydrogen-bond donors (Lipinski definition) is 2. The lowest BCUT2D eigenvalue weighted by molar-refractivity contribution is -0.152. The summed E-state index contributed by atoms with van der Waals surface area (Å²) in [7, 11) is 0. The highest BCUT2D eigenvalue weighted by atomic mass is 19.4. The first kappa shape index (κ1) is 20.9. The molecule has 0 aliphatic heterocycles. The molecule has 1 atom stereocenters. The first-order chi connectivity index (χ1) is 13.2. The number of alkyl halides is 3. The van der Waals surface area contributed by atoms with E-state index in [9.17, 15) is 27.6 Å². The van der Waals surface area contributed by atoms with Crippen molar-refractivity contribution in [1.82, 2.24) is 5.32 Å². The van der Waals surface area contributed by atoms with E-state index >= 15 is 0 Å². The molecule has 0 bridgehead atoms. The predicted octanol–water partition coefficient (Wildman–Crippen LogP) is 3.01. The second-order valence-electron chi connectivity index (χ2n) is 5.71. The molecule has 0 spiro atoms. The van der Waals surface area contributed by atoms with Gasteiger partial charge in [-0.05, 0) is 31.2 Å². The number of benzene rings is 2. The number of nitrogens with one attached hydrogen (secondary N) is 2. The molecule has 2 amide bonds. The maximum Gasteiger partial charge on any atom is 0.418 e. The Labute approximate surface area is 158 Å². The van der Waals surface area contributed by atoms with Crippen LogP contribution in [0.2, 0.25) is 0 Å². The quantitative estimate of drug-likeness (QED) is 0.738. The first-order valence-corrected chi connectivity index (χ1v) is 8.18. The minimum atomic E-state index is -4.65. The first-order valence-electron chi connectivity index (χ1n) is 8.18. The molecule has 6 nitrogen and oxygen atoms in total. The Morgan fingerprint density at radius 1 is 1.00 bits per heavy atom.